The summed E-state index contributed by atoms with van der Waals surface area (Å²) in [4.78, 5) is 16.9. The highest BCUT2D eigenvalue weighted by molar-refractivity contribution is 5.81. The topological polar surface area (TPSA) is 80.5 Å². The fourth-order valence-electron chi connectivity index (χ4n) is 2.38. The van der Waals surface area contributed by atoms with Crippen LogP contribution in [-0.2, 0) is 6.54 Å². The molecule has 0 fully saturated rings. The number of benzene rings is 2. The summed E-state index contributed by atoms with van der Waals surface area (Å²) in [5, 5.41) is 0. The van der Waals surface area contributed by atoms with Crippen molar-refractivity contribution < 1.29 is 0 Å². The number of aromatic nitrogens is 4. The van der Waals surface area contributed by atoms with Gasteiger partial charge in [0.05, 0.1) is 28.3 Å². The molecule has 0 amide bonds. The standard InChI is InChI=1S/C16H13N5/c17-8-10-5-6-13-14(7-10)21-16(20-13)15-9-18-11-3-1-2-4-12(11)19-15/h1-7,9H,8,17H2,(H,20,21). The van der Waals surface area contributed by atoms with E-state index in [9.17, 15) is 0 Å². The number of nitrogens with one attached hydrogen (secondary N) is 1. The Morgan fingerprint density at radius 1 is 0.952 bits per heavy atom. The highest BCUT2D eigenvalue weighted by atomic mass is 15.0. The Hall–Kier alpha value is -2.79. The summed E-state index contributed by atoms with van der Waals surface area (Å²) in [5.74, 6) is 0.720. The lowest BCUT2D eigenvalue weighted by Crippen LogP contribution is -1.95. The van der Waals surface area contributed by atoms with Crippen LogP contribution < -0.4 is 5.73 Å². The van der Waals surface area contributed by atoms with Gasteiger partial charge in [-0.25, -0.2) is 9.97 Å². The summed E-state index contributed by atoms with van der Waals surface area (Å²) in [6, 6.07) is 13.8. The number of para-hydroxylation sites is 2. The van der Waals surface area contributed by atoms with Crippen molar-refractivity contribution in [3.8, 4) is 11.5 Å². The quantitative estimate of drug-likeness (QED) is 0.589. The van der Waals surface area contributed by atoms with Gasteiger partial charge in [0.25, 0.3) is 0 Å². The third-order valence-electron chi connectivity index (χ3n) is 3.47. The molecule has 0 atom stereocenters. The predicted molar refractivity (Wildman–Crippen MR) is 82.5 cm³/mol. The van der Waals surface area contributed by atoms with Gasteiger partial charge in [0.2, 0.25) is 0 Å². The summed E-state index contributed by atoms with van der Waals surface area (Å²) in [6.07, 6.45) is 1.74. The zero-order valence-corrected chi connectivity index (χ0v) is 11.2. The average molecular weight is 275 g/mol. The van der Waals surface area contributed by atoms with Crippen LogP contribution in [0.5, 0.6) is 0 Å². The molecule has 0 unspecified atom stereocenters. The lowest BCUT2D eigenvalue weighted by molar-refractivity contribution is 1.07. The lowest BCUT2D eigenvalue weighted by atomic mass is 10.2. The minimum absolute atomic E-state index is 0.514. The molecule has 102 valence electrons. The Bertz CT molecular complexity index is 942. The molecule has 2 aromatic carbocycles. The van der Waals surface area contributed by atoms with E-state index in [1.54, 1.807) is 6.20 Å². The normalized spacial score (nSPS) is 11.3. The third kappa shape index (κ3) is 2.04. The molecule has 0 aliphatic carbocycles. The summed E-state index contributed by atoms with van der Waals surface area (Å²) < 4.78 is 0. The zero-order chi connectivity index (χ0) is 14.2. The number of aromatic amines is 1. The first-order valence-corrected chi connectivity index (χ1v) is 6.74. The Labute approximate surface area is 120 Å². The molecule has 21 heavy (non-hydrogen) atoms. The van der Waals surface area contributed by atoms with E-state index in [1.807, 2.05) is 42.5 Å². The van der Waals surface area contributed by atoms with E-state index in [0.29, 0.717) is 6.54 Å². The van der Waals surface area contributed by atoms with Crippen LogP contribution in [-0.4, -0.2) is 19.9 Å². The second kappa shape index (κ2) is 4.64. The van der Waals surface area contributed by atoms with Gasteiger partial charge < -0.3 is 10.7 Å². The number of hydrogen-bond donors (Lipinski definition) is 2. The van der Waals surface area contributed by atoms with Gasteiger partial charge in [-0.3, -0.25) is 4.98 Å². The monoisotopic (exact) mass is 275 g/mol. The molecular weight excluding hydrogens is 262 g/mol. The predicted octanol–water partition coefficient (Wildman–Crippen LogP) is 2.63. The van der Waals surface area contributed by atoms with Crippen LogP contribution >= 0.6 is 0 Å². The molecule has 3 N–H and O–H groups in total. The van der Waals surface area contributed by atoms with Gasteiger partial charge in [0.15, 0.2) is 5.82 Å². The average Bonchev–Trinajstić information content (AvgIpc) is 2.97. The SMILES string of the molecule is NCc1ccc2nc(-c3cnc4ccccc4n3)[nH]c2c1. The molecule has 5 heteroatoms. The molecule has 0 saturated carbocycles. The van der Waals surface area contributed by atoms with Gasteiger partial charge >= 0.3 is 0 Å². The Balaban J connectivity index is 1.87. The van der Waals surface area contributed by atoms with Crippen molar-refractivity contribution in [2.45, 2.75) is 6.54 Å². The highest BCUT2D eigenvalue weighted by Gasteiger charge is 2.08. The van der Waals surface area contributed by atoms with Crippen LogP contribution in [0.2, 0.25) is 0 Å². The maximum absolute atomic E-state index is 5.66. The summed E-state index contributed by atoms with van der Waals surface area (Å²) in [7, 11) is 0. The summed E-state index contributed by atoms with van der Waals surface area (Å²) in [6.45, 7) is 0.514. The number of fused-ring (bicyclic) bond motifs is 2. The second-order valence-corrected chi connectivity index (χ2v) is 4.88. The van der Waals surface area contributed by atoms with Crippen molar-refractivity contribution in [2.75, 3.05) is 0 Å². The second-order valence-electron chi connectivity index (χ2n) is 4.88. The highest BCUT2D eigenvalue weighted by Crippen LogP contribution is 2.21. The van der Waals surface area contributed by atoms with Crippen LogP contribution in [0.15, 0.2) is 48.7 Å². The van der Waals surface area contributed by atoms with Crippen molar-refractivity contribution >= 4 is 22.1 Å². The van der Waals surface area contributed by atoms with Crippen LogP contribution in [0.4, 0.5) is 0 Å². The van der Waals surface area contributed by atoms with Gasteiger partial charge in [0.1, 0.15) is 5.69 Å². The van der Waals surface area contributed by atoms with Crippen LogP contribution in [0.25, 0.3) is 33.6 Å². The van der Waals surface area contributed by atoms with E-state index < -0.39 is 0 Å². The zero-order valence-electron chi connectivity index (χ0n) is 11.2. The largest absolute Gasteiger partial charge is 0.337 e. The van der Waals surface area contributed by atoms with Crippen LogP contribution in [0.3, 0.4) is 0 Å². The maximum Gasteiger partial charge on any atom is 0.158 e. The first-order valence-electron chi connectivity index (χ1n) is 6.74. The lowest BCUT2D eigenvalue weighted by Gasteiger charge is -1.98. The molecule has 0 bridgehead atoms. The van der Waals surface area contributed by atoms with Crippen molar-refractivity contribution in [3.63, 3.8) is 0 Å². The third-order valence-corrected chi connectivity index (χ3v) is 3.47. The van der Waals surface area contributed by atoms with E-state index in [4.69, 9.17) is 5.73 Å². The van der Waals surface area contributed by atoms with Crippen LogP contribution in [0.1, 0.15) is 5.56 Å². The molecule has 5 nitrogen and oxygen atoms in total. The smallest absolute Gasteiger partial charge is 0.158 e. The van der Waals surface area contributed by atoms with E-state index in [2.05, 4.69) is 19.9 Å². The molecule has 2 aromatic heterocycles. The van der Waals surface area contributed by atoms with Gasteiger partial charge in [-0.15, -0.1) is 0 Å². The molecular formula is C16H13N5. The number of H-pyrrole nitrogens is 1. The first kappa shape index (κ1) is 12.0. The van der Waals surface area contributed by atoms with E-state index >= 15 is 0 Å². The van der Waals surface area contributed by atoms with Gasteiger partial charge in [-0.1, -0.05) is 18.2 Å². The van der Waals surface area contributed by atoms with Gasteiger partial charge in [0, 0.05) is 6.54 Å². The summed E-state index contributed by atoms with van der Waals surface area (Å²) in [5.41, 5.74) is 11.1. The molecule has 0 aliphatic rings. The Kier molecular flexibility index (Phi) is 2.65. The van der Waals surface area contributed by atoms with Gasteiger partial charge in [-0.2, -0.15) is 0 Å². The number of imidazole rings is 1. The van der Waals surface area contributed by atoms with Crippen molar-refractivity contribution in [3.05, 3.63) is 54.2 Å². The van der Waals surface area contributed by atoms with Crippen molar-refractivity contribution in [1.82, 2.24) is 19.9 Å². The molecule has 4 rings (SSSR count). The fraction of sp³-hybridized carbons (Fsp3) is 0.0625. The van der Waals surface area contributed by atoms with E-state index in [1.165, 1.54) is 0 Å². The molecule has 4 aromatic rings. The minimum atomic E-state index is 0.514. The number of rotatable bonds is 2. The molecule has 0 spiro atoms. The molecule has 0 radical (unpaired) electrons. The van der Waals surface area contributed by atoms with Crippen molar-refractivity contribution in [2.24, 2.45) is 5.73 Å². The minimum Gasteiger partial charge on any atom is -0.337 e. The number of hydrogen-bond acceptors (Lipinski definition) is 4. The maximum atomic E-state index is 5.66. The van der Waals surface area contributed by atoms with Crippen LogP contribution in [0, 0.1) is 0 Å². The van der Waals surface area contributed by atoms with Crippen molar-refractivity contribution in [1.29, 1.82) is 0 Å². The number of nitrogens with zero attached hydrogens (tertiary/aromatic N) is 3. The van der Waals surface area contributed by atoms with E-state index in [-0.39, 0.29) is 0 Å². The Morgan fingerprint density at radius 3 is 2.67 bits per heavy atom. The van der Waals surface area contributed by atoms with Gasteiger partial charge in [-0.05, 0) is 29.8 Å². The Morgan fingerprint density at radius 2 is 1.81 bits per heavy atom. The molecule has 2 heterocycles. The first-order chi connectivity index (χ1) is 10.3. The fourth-order valence-corrected chi connectivity index (χ4v) is 2.38. The number of nitrogens with two attached hydrogens (primary N) is 1. The van der Waals surface area contributed by atoms with E-state index in [0.717, 1.165) is 39.1 Å². The molecule has 0 saturated heterocycles. The summed E-state index contributed by atoms with van der Waals surface area (Å²) >= 11 is 0. The molecule has 0 aliphatic heterocycles.